The Morgan fingerprint density at radius 3 is 3.05 bits per heavy atom. The highest BCUT2D eigenvalue weighted by atomic mass is 32.1. The molecular weight excluding hydrogens is 260 g/mol. The summed E-state index contributed by atoms with van der Waals surface area (Å²) in [6, 6.07) is 5.34. The minimum absolute atomic E-state index is 0.186. The molecule has 0 saturated heterocycles. The second kappa shape index (κ2) is 6.14. The molecule has 1 amide bonds. The van der Waals surface area contributed by atoms with E-state index in [0.29, 0.717) is 11.3 Å². The molecule has 2 rings (SSSR count). The van der Waals surface area contributed by atoms with Gasteiger partial charge in [-0.15, -0.1) is 11.3 Å². The van der Waals surface area contributed by atoms with Gasteiger partial charge in [0.15, 0.2) is 0 Å². The van der Waals surface area contributed by atoms with Gasteiger partial charge in [-0.2, -0.15) is 0 Å². The van der Waals surface area contributed by atoms with Crippen molar-refractivity contribution in [3.63, 3.8) is 0 Å². The van der Waals surface area contributed by atoms with Crippen LogP contribution in [0.15, 0.2) is 29.8 Å². The van der Waals surface area contributed by atoms with Crippen molar-refractivity contribution >= 4 is 22.9 Å². The molecule has 0 fully saturated rings. The Kier molecular flexibility index (Phi) is 4.29. The van der Waals surface area contributed by atoms with Gasteiger partial charge < -0.3 is 10.4 Å². The van der Waals surface area contributed by atoms with Crippen LogP contribution in [-0.2, 0) is 0 Å². The van der Waals surface area contributed by atoms with Crippen LogP contribution in [0.2, 0.25) is 0 Å². The Labute approximate surface area is 115 Å². The topological polar surface area (TPSA) is 62.2 Å². The molecule has 0 aliphatic heterocycles. The normalized spacial score (nSPS) is 9.58. The quantitative estimate of drug-likeness (QED) is 0.822. The zero-order valence-corrected chi connectivity index (χ0v) is 11.1. The summed E-state index contributed by atoms with van der Waals surface area (Å²) < 4.78 is 0. The summed E-state index contributed by atoms with van der Waals surface area (Å²) in [5.41, 5.74) is 2.10. The summed E-state index contributed by atoms with van der Waals surface area (Å²) >= 11 is 1.37. The first-order valence-corrected chi connectivity index (χ1v) is 6.49. The highest BCUT2D eigenvalue weighted by molar-refractivity contribution is 7.10. The number of amides is 1. The standard InChI is InChI=1S/C14H12N2O2S/c1-10-4-5-12(8-15-10)16-14(18)11-7-13(19-9-11)3-2-6-17/h4-5,7-9,17H,6H2,1H3,(H,16,18). The minimum atomic E-state index is -0.195. The number of aliphatic hydroxyl groups excluding tert-OH is 1. The minimum Gasteiger partial charge on any atom is -0.384 e. The van der Waals surface area contributed by atoms with Crippen molar-refractivity contribution in [2.75, 3.05) is 11.9 Å². The van der Waals surface area contributed by atoms with E-state index in [2.05, 4.69) is 22.1 Å². The van der Waals surface area contributed by atoms with Crippen LogP contribution < -0.4 is 5.32 Å². The van der Waals surface area contributed by atoms with E-state index < -0.39 is 0 Å². The molecule has 2 N–H and O–H groups in total. The molecule has 0 spiro atoms. The first-order chi connectivity index (χ1) is 9.19. The van der Waals surface area contributed by atoms with Crippen molar-refractivity contribution in [3.05, 3.63) is 45.9 Å². The van der Waals surface area contributed by atoms with Gasteiger partial charge in [-0.05, 0) is 25.1 Å². The number of nitrogens with zero attached hydrogens (tertiary/aromatic N) is 1. The number of thiophene rings is 1. The summed E-state index contributed by atoms with van der Waals surface area (Å²) in [7, 11) is 0. The lowest BCUT2D eigenvalue weighted by Crippen LogP contribution is -2.10. The molecule has 2 heterocycles. The predicted molar refractivity (Wildman–Crippen MR) is 75.2 cm³/mol. The molecule has 0 atom stereocenters. The average molecular weight is 272 g/mol. The van der Waals surface area contributed by atoms with E-state index in [4.69, 9.17) is 5.11 Å². The van der Waals surface area contributed by atoms with Gasteiger partial charge in [0.1, 0.15) is 6.61 Å². The van der Waals surface area contributed by atoms with Gasteiger partial charge in [0, 0.05) is 11.1 Å². The lowest BCUT2D eigenvalue weighted by molar-refractivity contribution is 0.102. The molecule has 2 aromatic rings. The number of rotatable bonds is 2. The number of hydrogen-bond donors (Lipinski definition) is 2. The van der Waals surface area contributed by atoms with E-state index in [1.165, 1.54) is 11.3 Å². The number of aliphatic hydroxyl groups is 1. The third-order valence-electron chi connectivity index (χ3n) is 2.32. The van der Waals surface area contributed by atoms with Gasteiger partial charge in [0.2, 0.25) is 0 Å². The maximum atomic E-state index is 12.0. The average Bonchev–Trinajstić information content (AvgIpc) is 2.88. The molecule has 0 unspecified atom stereocenters. The van der Waals surface area contributed by atoms with E-state index in [1.807, 2.05) is 13.0 Å². The van der Waals surface area contributed by atoms with Crippen LogP contribution in [0.1, 0.15) is 20.9 Å². The van der Waals surface area contributed by atoms with Crippen LogP contribution in [0.25, 0.3) is 0 Å². The fourth-order valence-electron chi connectivity index (χ4n) is 1.39. The van der Waals surface area contributed by atoms with Gasteiger partial charge >= 0.3 is 0 Å². The second-order valence-electron chi connectivity index (χ2n) is 3.80. The summed E-state index contributed by atoms with van der Waals surface area (Å²) in [4.78, 5) is 16.8. The molecule has 0 saturated carbocycles. The van der Waals surface area contributed by atoms with E-state index in [0.717, 1.165) is 10.6 Å². The third-order valence-corrected chi connectivity index (χ3v) is 3.17. The number of carbonyl (C=O) groups excluding carboxylic acids is 1. The summed E-state index contributed by atoms with van der Waals surface area (Å²) in [6.07, 6.45) is 1.62. The van der Waals surface area contributed by atoms with E-state index >= 15 is 0 Å². The van der Waals surface area contributed by atoms with Gasteiger partial charge in [0.05, 0.1) is 22.3 Å². The van der Waals surface area contributed by atoms with Crippen LogP contribution in [0.3, 0.4) is 0 Å². The fraction of sp³-hybridized carbons (Fsp3) is 0.143. The maximum absolute atomic E-state index is 12.0. The smallest absolute Gasteiger partial charge is 0.256 e. The van der Waals surface area contributed by atoms with Crippen LogP contribution in [0.5, 0.6) is 0 Å². The van der Waals surface area contributed by atoms with Crippen LogP contribution >= 0.6 is 11.3 Å². The van der Waals surface area contributed by atoms with Crippen LogP contribution in [-0.4, -0.2) is 22.6 Å². The van der Waals surface area contributed by atoms with Gasteiger partial charge in [0.25, 0.3) is 5.91 Å². The number of pyridine rings is 1. The predicted octanol–water partition coefficient (Wildman–Crippen LogP) is 2.05. The zero-order valence-electron chi connectivity index (χ0n) is 10.3. The Morgan fingerprint density at radius 1 is 1.53 bits per heavy atom. The SMILES string of the molecule is Cc1ccc(NC(=O)c2csc(C#CCO)c2)cn1. The van der Waals surface area contributed by atoms with Crippen LogP contribution in [0, 0.1) is 18.8 Å². The summed E-state index contributed by atoms with van der Waals surface area (Å²) in [5.74, 6) is 5.12. The van der Waals surface area contributed by atoms with Gasteiger partial charge in [-0.3, -0.25) is 9.78 Å². The molecule has 19 heavy (non-hydrogen) atoms. The Morgan fingerprint density at radius 2 is 2.37 bits per heavy atom. The largest absolute Gasteiger partial charge is 0.384 e. The molecule has 0 aromatic carbocycles. The number of nitrogens with one attached hydrogen (secondary N) is 1. The number of carbonyl (C=O) groups is 1. The van der Waals surface area contributed by atoms with Crippen molar-refractivity contribution in [1.82, 2.24) is 4.98 Å². The molecule has 0 bridgehead atoms. The fourth-order valence-corrected chi connectivity index (χ4v) is 2.15. The lowest BCUT2D eigenvalue weighted by Gasteiger charge is -2.02. The zero-order chi connectivity index (χ0) is 13.7. The Bertz CT molecular complexity index is 635. The molecule has 4 nitrogen and oxygen atoms in total. The first kappa shape index (κ1) is 13.3. The lowest BCUT2D eigenvalue weighted by atomic mass is 10.2. The van der Waals surface area contributed by atoms with Crippen molar-refractivity contribution < 1.29 is 9.90 Å². The molecule has 0 aliphatic rings. The molecule has 0 radical (unpaired) electrons. The number of hydrogen-bond acceptors (Lipinski definition) is 4. The summed E-state index contributed by atoms with van der Waals surface area (Å²) in [5, 5.41) is 13.1. The van der Waals surface area contributed by atoms with Crippen molar-refractivity contribution in [1.29, 1.82) is 0 Å². The Hall–Kier alpha value is -2.16. The maximum Gasteiger partial charge on any atom is 0.256 e. The monoisotopic (exact) mass is 272 g/mol. The Balaban J connectivity index is 2.07. The van der Waals surface area contributed by atoms with E-state index in [1.54, 1.807) is 23.7 Å². The highest BCUT2D eigenvalue weighted by Crippen LogP contribution is 2.15. The first-order valence-electron chi connectivity index (χ1n) is 5.61. The number of anilines is 1. The second-order valence-corrected chi connectivity index (χ2v) is 4.71. The van der Waals surface area contributed by atoms with Crippen molar-refractivity contribution in [3.8, 4) is 11.8 Å². The van der Waals surface area contributed by atoms with Crippen molar-refractivity contribution in [2.45, 2.75) is 6.92 Å². The molecule has 5 heteroatoms. The summed E-state index contributed by atoms with van der Waals surface area (Å²) in [6.45, 7) is 1.70. The number of aryl methyl sites for hydroxylation is 1. The third kappa shape index (κ3) is 3.65. The van der Waals surface area contributed by atoms with Gasteiger partial charge in [-0.1, -0.05) is 11.8 Å². The molecule has 96 valence electrons. The van der Waals surface area contributed by atoms with E-state index in [9.17, 15) is 4.79 Å². The highest BCUT2D eigenvalue weighted by Gasteiger charge is 2.08. The molecular formula is C14H12N2O2S. The van der Waals surface area contributed by atoms with Crippen LogP contribution in [0.4, 0.5) is 5.69 Å². The van der Waals surface area contributed by atoms with Crippen molar-refractivity contribution in [2.24, 2.45) is 0 Å². The number of aromatic nitrogens is 1. The molecule has 2 aromatic heterocycles. The van der Waals surface area contributed by atoms with E-state index in [-0.39, 0.29) is 12.5 Å². The van der Waals surface area contributed by atoms with Gasteiger partial charge in [-0.25, -0.2) is 0 Å². The molecule has 0 aliphatic carbocycles.